The van der Waals surface area contributed by atoms with E-state index >= 15 is 0 Å². The van der Waals surface area contributed by atoms with Crippen molar-refractivity contribution >= 4 is 11.4 Å². The average Bonchev–Trinajstić information content (AvgIpc) is 2.75. The lowest BCUT2D eigenvalue weighted by molar-refractivity contribution is 0.619. The molecule has 3 aromatic carbocycles. The first-order valence-corrected chi connectivity index (χ1v) is 11.8. The molecule has 2 nitrogen and oxygen atoms in total. The lowest BCUT2D eigenvalue weighted by Gasteiger charge is -2.33. The molecule has 0 saturated heterocycles. The summed E-state index contributed by atoms with van der Waals surface area (Å²) in [6.45, 7) is 21.6. The van der Waals surface area contributed by atoms with Crippen molar-refractivity contribution in [3.05, 3.63) is 105 Å². The third-order valence-corrected chi connectivity index (χ3v) is 7.50. The number of nitrogen functional groups attached to an aromatic ring is 2. The Bertz CT molecular complexity index is 1170. The fourth-order valence-electron chi connectivity index (χ4n) is 4.91. The van der Waals surface area contributed by atoms with Gasteiger partial charge in [-0.1, -0.05) is 76.2 Å². The molecule has 0 fully saturated rings. The first-order valence-electron chi connectivity index (χ1n) is 11.8. The first-order chi connectivity index (χ1) is 15.3. The van der Waals surface area contributed by atoms with Crippen LogP contribution in [0.1, 0.15) is 77.8 Å². The molecule has 174 valence electrons. The smallest absolute Gasteiger partial charge is 0.0373 e. The van der Waals surface area contributed by atoms with Crippen LogP contribution in [-0.4, -0.2) is 0 Å². The van der Waals surface area contributed by atoms with E-state index < -0.39 is 0 Å². The van der Waals surface area contributed by atoms with Crippen molar-refractivity contribution in [3.8, 4) is 0 Å². The van der Waals surface area contributed by atoms with Gasteiger partial charge in [-0.25, -0.2) is 0 Å². The normalized spacial score (nSPS) is 12.1. The molecule has 0 bridgehead atoms. The van der Waals surface area contributed by atoms with E-state index in [1.807, 2.05) is 6.08 Å². The molecule has 0 spiro atoms. The minimum Gasteiger partial charge on any atom is -0.398 e. The molecule has 0 unspecified atom stereocenters. The van der Waals surface area contributed by atoms with Gasteiger partial charge in [-0.2, -0.15) is 0 Å². The highest BCUT2D eigenvalue weighted by Crippen LogP contribution is 2.40. The predicted molar refractivity (Wildman–Crippen MR) is 145 cm³/mol. The number of hydrogen-bond donors (Lipinski definition) is 2. The number of allylic oxidation sites excluding steroid dienone is 1. The zero-order valence-corrected chi connectivity index (χ0v) is 21.7. The molecule has 3 rings (SSSR count). The van der Waals surface area contributed by atoms with Crippen molar-refractivity contribution in [2.75, 3.05) is 11.5 Å². The SMILES string of the molecule is C=CCc1cc(C(C)(C)c2cc(C)c(N)c(C)c2)ccc1C(C)(C)c1cc(C)c(N)c(C)c1. The number of anilines is 2. The van der Waals surface area contributed by atoms with Crippen LogP contribution in [0.25, 0.3) is 0 Å². The Morgan fingerprint density at radius 2 is 1.09 bits per heavy atom. The third kappa shape index (κ3) is 4.44. The fourth-order valence-corrected chi connectivity index (χ4v) is 4.91. The van der Waals surface area contributed by atoms with Gasteiger partial charge in [-0.15, -0.1) is 6.58 Å². The zero-order valence-electron chi connectivity index (χ0n) is 21.7. The standard InChI is InChI=1S/C31H40N2/c1-10-11-23-18-24(30(6,7)25-14-19(2)28(32)20(3)15-25)12-13-27(23)31(8,9)26-16-21(4)29(33)22(5)17-26/h10,12-18H,1,11,32-33H2,2-9H3. The molecular weight excluding hydrogens is 400 g/mol. The number of aryl methyl sites for hydroxylation is 4. The summed E-state index contributed by atoms with van der Waals surface area (Å²) >= 11 is 0. The van der Waals surface area contributed by atoms with Crippen LogP contribution in [-0.2, 0) is 17.3 Å². The van der Waals surface area contributed by atoms with Crippen molar-refractivity contribution in [2.45, 2.75) is 72.6 Å². The highest BCUT2D eigenvalue weighted by atomic mass is 14.6. The van der Waals surface area contributed by atoms with E-state index in [1.165, 1.54) is 27.8 Å². The molecule has 3 aromatic rings. The van der Waals surface area contributed by atoms with Gasteiger partial charge >= 0.3 is 0 Å². The van der Waals surface area contributed by atoms with Crippen LogP contribution in [0.2, 0.25) is 0 Å². The molecule has 0 saturated carbocycles. The summed E-state index contributed by atoms with van der Waals surface area (Å²) in [5, 5.41) is 0. The van der Waals surface area contributed by atoms with E-state index in [-0.39, 0.29) is 10.8 Å². The van der Waals surface area contributed by atoms with Gasteiger partial charge in [0.25, 0.3) is 0 Å². The molecule has 0 atom stereocenters. The monoisotopic (exact) mass is 440 g/mol. The van der Waals surface area contributed by atoms with Crippen molar-refractivity contribution in [1.29, 1.82) is 0 Å². The summed E-state index contributed by atoms with van der Waals surface area (Å²) in [4.78, 5) is 0. The lowest BCUT2D eigenvalue weighted by Crippen LogP contribution is -2.24. The number of rotatable bonds is 6. The molecule has 0 aromatic heterocycles. The van der Waals surface area contributed by atoms with Crippen LogP contribution in [0.5, 0.6) is 0 Å². The van der Waals surface area contributed by atoms with E-state index in [0.29, 0.717) is 0 Å². The van der Waals surface area contributed by atoms with Gasteiger partial charge < -0.3 is 11.5 Å². The minimum absolute atomic E-state index is 0.143. The van der Waals surface area contributed by atoms with Crippen LogP contribution in [0.3, 0.4) is 0 Å². The van der Waals surface area contributed by atoms with Crippen LogP contribution in [0.15, 0.2) is 55.1 Å². The average molecular weight is 441 g/mol. The number of hydrogen-bond acceptors (Lipinski definition) is 2. The molecular formula is C31H40N2. The van der Waals surface area contributed by atoms with Gasteiger partial charge in [-0.3, -0.25) is 0 Å². The second-order valence-electron chi connectivity index (χ2n) is 10.7. The molecule has 0 aliphatic heterocycles. The highest BCUT2D eigenvalue weighted by Gasteiger charge is 2.30. The Morgan fingerprint density at radius 1 is 0.667 bits per heavy atom. The van der Waals surface area contributed by atoms with Gasteiger partial charge in [0.1, 0.15) is 0 Å². The topological polar surface area (TPSA) is 52.0 Å². The molecule has 4 N–H and O–H groups in total. The molecule has 0 radical (unpaired) electrons. The third-order valence-electron chi connectivity index (χ3n) is 7.50. The summed E-state index contributed by atoms with van der Waals surface area (Å²) in [5.41, 5.74) is 25.0. The Balaban J connectivity index is 2.15. The van der Waals surface area contributed by atoms with E-state index in [2.05, 4.69) is 104 Å². The molecule has 2 heteroatoms. The van der Waals surface area contributed by atoms with Crippen molar-refractivity contribution in [2.24, 2.45) is 0 Å². The van der Waals surface area contributed by atoms with Gasteiger partial charge in [-0.05, 0) is 84.2 Å². The Kier molecular flexibility index (Phi) is 6.53. The lowest BCUT2D eigenvalue weighted by atomic mass is 9.71. The molecule has 0 aliphatic rings. The molecule has 0 heterocycles. The van der Waals surface area contributed by atoms with Crippen molar-refractivity contribution < 1.29 is 0 Å². The van der Waals surface area contributed by atoms with Gasteiger partial charge in [0, 0.05) is 22.2 Å². The number of nitrogens with two attached hydrogens (primary N) is 2. The highest BCUT2D eigenvalue weighted by molar-refractivity contribution is 5.59. The second kappa shape index (κ2) is 8.74. The summed E-state index contributed by atoms with van der Waals surface area (Å²) in [5.74, 6) is 0. The summed E-state index contributed by atoms with van der Waals surface area (Å²) < 4.78 is 0. The molecule has 0 amide bonds. The Labute approximate surface area is 200 Å². The van der Waals surface area contributed by atoms with Gasteiger partial charge in [0.2, 0.25) is 0 Å². The van der Waals surface area contributed by atoms with Gasteiger partial charge in [0.15, 0.2) is 0 Å². The van der Waals surface area contributed by atoms with Crippen molar-refractivity contribution in [3.63, 3.8) is 0 Å². The molecule has 0 aliphatic carbocycles. The zero-order chi connectivity index (χ0) is 24.7. The van der Waals surface area contributed by atoms with Crippen LogP contribution >= 0.6 is 0 Å². The maximum Gasteiger partial charge on any atom is 0.0373 e. The first kappa shape index (κ1) is 24.6. The maximum atomic E-state index is 6.24. The molecule has 33 heavy (non-hydrogen) atoms. The van der Waals surface area contributed by atoms with E-state index in [4.69, 9.17) is 11.5 Å². The predicted octanol–water partition coefficient (Wildman–Crippen LogP) is 7.46. The van der Waals surface area contributed by atoms with Crippen LogP contribution < -0.4 is 11.5 Å². The van der Waals surface area contributed by atoms with Crippen molar-refractivity contribution in [1.82, 2.24) is 0 Å². The van der Waals surface area contributed by atoms with E-state index in [1.54, 1.807) is 0 Å². The summed E-state index contributed by atoms with van der Waals surface area (Å²) in [6.07, 6.45) is 2.83. The van der Waals surface area contributed by atoms with E-state index in [9.17, 15) is 0 Å². The largest absolute Gasteiger partial charge is 0.398 e. The quantitative estimate of drug-likeness (QED) is 0.308. The van der Waals surface area contributed by atoms with E-state index in [0.717, 1.165) is 40.0 Å². The van der Waals surface area contributed by atoms with Gasteiger partial charge in [0.05, 0.1) is 0 Å². The fraction of sp³-hybridized carbons (Fsp3) is 0.355. The van der Waals surface area contributed by atoms with Crippen LogP contribution in [0.4, 0.5) is 11.4 Å². The number of benzene rings is 3. The summed E-state index contributed by atoms with van der Waals surface area (Å²) in [7, 11) is 0. The Morgan fingerprint density at radius 3 is 1.52 bits per heavy atom. The summed E-state index contributed by atoms with van der Waals surface area (Å²) in [6, 6.07) is 15.9. The minimum atomic E-state index is -0.154. The Hall–Kier alpha value is -3.00. The van der Waals surface area contributed by atoms with Crippen LogP contribution in [0, 0.1) is 27.7 Å². The second-order valence-corrected chi connectivity index (χ2v) is 10.7. The maximum absolute atomic E-state index is 6.24.